The van der Waals surface area contributed by atoms with E-state index in [4.69, 9.17) is 11.6 Å². The fourth-order valence-corrected chi connectivity index (χ4v) is 2.90. The maximum absolute atomic E-state index is 9.88. The van der Waals surface area contributed by atoms with Crippen molar-refractivity contribution in [3.8, 4) is 22.8 Å². The number of thiazole rings is 1. The predicted molar refractivity (Wildman–Crippen MR) is 90.4 cm³/mol. The molecule has 0 aliphatic carbocycles. The summed E-state index contributed by atoms with van der Waals surface area (Å²) in [4.78, 5) is 4.44. The number of aryl methyl sites for hydroxylation is 1. The van der Waals surface area contributed by atoms with E-state index in [0.29, 0.717) is 21.4 Å². The quantitative estimate of drug-likeness (QED) is 0.636. The Labute approximate surface area is 136 Å². The Morgan fingerprint density at radius 2 is 1.95 bits per heavy atom. The monoisotopic (exact) mass is 332 g/mol. The van der Waals surface area contributed by atoms with Gasteiger partial charge in [0, 0.05) is 27.7 Å². The van der Waals surface area contributed by atoms with Gasteiger partial charge in [-0.1, -0.05) is 17.7 Å². The summed E-state index contributed by atoms with van der Waals surface area (Å²) in [6.07, 6.45) is 0. The molecule has 22 heavy (non-hydrogen) atoms. The van der Waals surface area contributed by atoms with E-state index >= 15 is 0 Å². The van der Waals surface area contributed by atoms with Crippen molar-refractivity contribution < 1.29 is 10.2 Å². The highest BCUT2D eigenvalue weighted by Gasteiger charge is 2.10. The van der Waals surface area contributed by atoms with Crippen molar-refractivity contribution in [1.29, 1.82) is 0 Å². The molecule has 0 bridgehead atoms. The first-order chi connectivity index (χ1) is 10.5. The van der Waals surface area contributed by atoms with Gasteiger partial charge < -0.3 is 15.5 Å². The lowest BCUT2D eigenvalue weighted by Gasteiger charge is -2.05. The van der Waals surface area contributed by atoms with Gasteiger partial charge in [-0.3, -0.25) is 0 Å². The highest BCUT2D eigenvalue weighted by molar-refractivity contribution is 7.14. The first-order valence-corrected chi connectivity index (χ1v) is 7.80. The van der Waals surface area contributed by atoms with Gasteiger partial charge in [-0.25, -0.2) is 4.98 Å². The van der Waals surface area contributed by atoms with E-state index < -0.39 is 0 Å². The van der Waals surface area contributed by atoms with E-state index in [1.165, 1.54) is 23.5 Å². The molecule has 0 amide bonds. The van der Waals surface area contributed by atoms with Gasteiger partial charge >= 0.3 is 0 Å². The Hall–Kier alpha value is -2.24. The molecule has 6 heteroatoms. The number of nitrogens with zero attached hydrogens (tertiary/aromatic N) is 1. The summed E-state index contributed by atoms with van der Waals surface area (Å²) in [5.41, 5.74) is 3.08. The maximum Gasteiger partial charge on any atom is 0.187 e. The molecule has 0 fully saturated rings. The van der Waals surface area contributed by atoms with Gasteiger partial charge in [-0.2, -0.15) is 0 Å². The lowest BCUT2D eigenvalue weighted by molar-refractivity contribution is 0.452. The van der Waals surface area contributed by atoms with Gasteiger partial charge in [-0.05, 0) is 36.8 Å². The van der Waals surface area contributed by atoms with E-state index in [1.807, 2.05) is 30.5 Å². The van der Waals surface area contributed by atoms with Gasteiger partial charge in [0.25, 0.3) is 0 Å². The molecule has 0 unspecified atom stereocenters. The minimum absolute atomic E-state index is 0.00442. The van der Waals surface area contributed by atoms with Gasteiger partial charge in [-0.15, -0.1) is 11.3 Å². The molecule has 1 aromatic heterocycles. The molecule has 1 heterocycles. The van der Waals surface area contributed by atoms with Crippen LogP contribution in [0.5, 0.6) is 11.5 Å². The number of nitrogens with one attached hydrogen (secondary N) is 1. The van der Waals surface area contributed by atoms with Crippen molar-refractivity contribution in [2.75, 3.05) is 5.32 Å². The number of aromatic hydroxyl groups is 2. The van der Waals surface area contributed by atoms with Crippen molar-refractivity contribution in [2.24, 2.45) is 0 Å². The number of aromatic nitrogens is 1. The van der Waals surface area contributed by atoms with E-state index in [2.05, 4.69) is 10.3 Å². The molecule has 4 nitrogen and oxygen atoms in total. The number of anilines is 2. The van der Waals surface area contributed by atoms with Crippen LogP contribution >= 0.6 is 22.9 Å². The smallest absolute Gasteiger partial charge is 0.187 e. The van der Waals surface area contributed by atoms with Gasteiger partial charge in [0.05, 0.1) is 5.69 Å². The van der Waals surface area contributed by atoms with Crippen LogP contribution in [0.15, 0.2) is 41.8 Å². The summed E-state index contributed by atoms with van der Waals surface area (Å²) < 4.78 is 0. The number of hydrogen-bond acceptors (Lipinski definition) is 5. The molecule has 0 saturated carbocycles. The summed E-state index contributed by atoms with van der Waals surface area (Å²) in [6, 6.07) is 10.1. The Bertz CT molecular complexity index is 833. The van der Waals surface area contributed by atoms with Crippen LogP contribution in [-0.2, 0) is 0 Å². The third kappa shape index (κ3) is 3.00. The Morgan fingerprint density at radius 3 is 2.68 bits per heavy atom. The summed E-state index contributed by atoms with van der Waals surface area (Å²) in [6.45, 7) is 1.95. The number of rotatable bonds is 3. The molecule has 0 saturated heterocycles. The van der Waals surface area contributed by atoms with Crippen molar-refractivity contribution >= 4 is 33.8 Å². The third-order valence-corrected chi connectivity index (χ3v) is 4.35. The Kier molecular flexibility index (Phi) is 3.92. The van der Waals surface area contributed by atoms with Crippen LogP contribution in [-0.4, -0.2) is 15.2 Å². The second-order valence-electron chi connectivity index (χ2n) is 4.83. The van der Waals surface area contributed by atoms with E-state index in [1.54, 1.807) is 6.07 Å². The summed E-state index contributed by atoms with van der Waals surface area (Å²) in [5, 5.41) is 25.6. The van der Waals surface area contributed by atoms with Crippen molar-refractivity contribution in [2.45, 2.75) is 6.92 Å². The first kappa shape index (κ1) is 14.7. The Morgan fingerprint density at radius 1 is 1.14 bits per heavy atom. The lowest BCUT2D eigenvalue weighted by Crippen LogP contribution is -1.90. The zero-order valence-electron chi connectivity index (χ0n) is 11.7. The minimum atomic E-state index is -0.00442. The number of halogens is 1. The van der Waals surface area contributed by atoms with Gasteiger partial charge in [0.15, 0.2) is 5.13 Å². The zero-order valence-corrected chi connectivity index (χ0v) is 13.2. The molecule has 0 aliphatic rings. The lowest BCUT2D eigenvalue weighted by atomic mass is 10.1. The average molecular weight is 333 g/mol. The van der Waals surface area contributed by atoms with Crippen LogP contribution in [0.1, 0.15) is 5.56 Å². The van der Waals surface area contributed by atoms with Crippen LogP contribution in [0, 0.1) is 6.92 Å². The number of phenolic OH excluding ortho intramolecular Hbond substituents is 2. The second-order valence-corrected chi connectivity index (χ2v) is 6.09. The SMILES string of the molecule is Cc1ccc(Nc2nc(-c3ccc(O)cc3O)cs2)cc1Cl. The van der Waals surface area contributed by atoms with Crippen molar-refractivity contribution in [3.63, 3.8) is 0 Å². The largest absolute Gasteiger partial charge is 0.508 e. The zero-order chi connectivity index (χ0) is 15.7. The molecule has 112 valence electrons. The van der Waals surface area contributed by atoms with E-state index in [9.17, 15) is 10.2 Å². The van der Waals surface area contributed by atoms with Crippen LogP contribution in [0.3, 0.4) is 0 Å². The summed E-state index contributed by atoms with van der Waals surface area (Å²) in [7, 11) is 0. The number of phenols is 2. The molecular formula is C16H13ClN2O2S. The normalized spacial score (nSPS) is 10.6. The fourth-order valence-electron chi connectivity index (χ4n) is 1.99. The van der Waals surface area contributed by atoms with E-state index in [0.717, 1.165) is 11.3 Å². The van der Waals surface area contributed by atoms with Crippen LogP contribution in [0.25, 0.3) is 11.3 Å². The summed E-state index contributed by atoms with van der Waals surface area (Å²) >= 11 is 7.53. The second kappa shape index (κ2) is 5.87. The molecule has 2 aromatic carbocycles. The molecule has 3 rings (SSSR count). The highest BCUT2D eigenvalue weighted by atomic mass is 35.5. The predicted octanol–water partition coefficient (Wildman–Crippen LogP) is 4.93. The van der Waals surface area contributed by atoms with Crippen molar-refractivity contribution in [1.82, 2.24) is 4.98 Å². The topological polar surface area (TPSA) is 65.4 Å². The van der Waals surface area contributed by atoms with Gasteiger partial charge in [0.1, 0.15) is 11.5 Å². The van der Waals surface area contributed by atoms with E-state index in [-0.39, 0.29) is 11.5 Å². The van der Waals surface area contributed by atoms with Crippen LogP contribution in [0.2, 0.25) is 5.02 Å². The standard InChI is InChI=1S/C16H13ClN2O2S/c1-9-2-3-10(6-13(9)17)18-16-19-14(8-22-16)12-5-4-11(20)7-15(12)21/h2-8,20-21H,1H3,(H,18,19). The molecule has 3 aromatic rings. The molecular weight excluding hydrogens is 320 g/mol. The maximum atomic E-state index is 9.88. The van der Waals surface area contributed by atoms with Crippen LogP contribution in [0.4, 0.5) is 10.8 Å². The van der Waals surface area contributed by atoms with Gasteiger partial charge in [0.2, 0.25) is 0 Å². The molecule has 0 radical (unpaired) electrons. The minimum Gasteiger partial charge on any atom is -0.508 e. The Balaban J connectivity index is 1.85. The molecule has 0 spiro atoms. The third-order valence-electron chi connectivity index (χ3n) is 3.18. The summed E-state index contributed by atoms with van der Waals surface area (Å²) in [5.74, 6) is 0.0133. The van der Waals surface area contributed by atoms with Crippen molar-refractivity contribution in [3.05, 3.63) is 52.4 Å². The highest BCUT2D eigenvalue weighted by Crippen LogP contribution is 2.34. The number of hydrogen-bond donors (Lipinski definition) is 3. The first-order valence-electron chi connectivity index (χ1n) is 6.54. The average Bonchev–Trinajstić information content (AvgIpc) is 2.91. The van der Waals surface area contributed by atoms with Crippen LogP contribution < -0.4 is 5.32 Å². The molecule has 0 atom stereocenters. The molecule has 0 aliphatic heterocycles. The number of benzene rings is 2. The fraction of sp³-hybridized carbons (Fsp3) is 0.0625. The molecule has 3 N–H and O–H groups in total.